The average Bonchev–Trinajstić information content (AvgIpc) is 2.92. The first-order valence-corrected chi connectivity index (χ1v) is 8.93. The molecule has 0 bridgehead atoms. The van der Waals surface area contributed by atoms with E-state index >= 15 is 0 Å². The van der Waals surface area contributed by atoms with Crippen LogP contribution >= 0.6 is 0 Å². The Balaban J connectivity index is 1.92. The molecule has 0 atom stereocenters. The number of Topliss-reactive ketones (excluding diaryl/α,β-unsaturated/α-hetero) is 1. The highest BCUT2D eigenvalue weighted by molar-refractivity contribution is 6.02. The van der Waals surface area contributed by atoms with E-state index < -0.39 is 0 Å². The molecule has 0 radical (unpaired) electrons. The van der Waals surface area contributed by atoms with Crippen molar-refractivity contribution in [1.82, 2.24) is 14.5 Å². The molecule has 2 heterocycles. The summed E-state index contributed by atoms with van der Waals surface area (Å²) in [6.07, 6.45) is 7.78. The maximum Gasteiger partial charge on any atom is 0.129 e. The highest BCUT2D eigenvalue weighted by atomic mass is 16.1. The van der Waals surface area contributed by atoms with E-state index in [1.165, 1.54) is 10.9 Å². The zero-order valence-electron chi connectivity index (χ0n) is 14.6. The number of benzene rings is 1. The van der Waals surface area contributed by atoms with Crippen LogP contribution in [0.2, 0.25) is 0 Å². The van der Waals surface area contributed by atoms with Crippen molar-refractivity contribution < 1.29 is 4.79 Å². The number of carbonyl (C=O) groups excluding carboxylic acids is 1. The fourth-order valence-electron chi connectivity index (χ4n) is 3.29. The van der Waals surface area contributed by atoms with Gasteiger partial charge in [0, 0.05) is 24.8 Å². The molecule has 0 aliphatic heterocycles. The minimum Gasteiger partial charge on any atom is -0.327 e. The van der Waals surface area contributed by atoms with E-state index in [0.29, 0.717) is 6.42 Å². The maximum absolute atomic E-state index is 11.1. The standard InChI is InChI=1S/C20H25N3O/c1-3-9-19-22-18-14-21-17-12-7-6-11-16(17)20(18)23(19)13-8-4-5-10-15(2)24/h6-7,11-12,14H,3-5,8-10,13H2,1-2H3. The summed E-state index contributed by atoms with van der Waals surface area (Å²) < 4.78 is 2.37. The van der Waals surface area contributed by atoms with Gasteiger partial charge in [-0.15, -0.1) is 0 Å². The molecular formula is C20H25N3O. The Bertz CT molecular complexity index is 851. The number of hydrogen-bond donors (Lipinski definition) is 0. The van der Waals surface area contributed by atoms with Crippen molar-refractivity contribution in [3.8, 4) is 0 Å². The number of rotatable bonds is 8. The third-order valence-corrected chi connectivity index (χ3v) is 4.44. The third-order valence-electron chi connectivity index (χ3n) is 4.44. The van der Waals surface area contributed by atoms with Crippen LogP contribution in [0, 0.1) is 0 Å². The number of pyridine rings is 1. The highest BCUT2D eigenvalue weighted by Crippen LogP contribution is 2.25. The van der Waals surface area contributed by atoms with E-state index in [1.54, 1.807) is 6.92 Å². The van der Waals surface area contributed by atoms with Crippen LogP contribution in [0.1, 0.15) is 51.8 Å². The Labute approximate surface area is 142 Å². The number of aromatic nitrogens is 3. The van der Waals surface area contributed by atoms with Gasteiger partial charge in [0.1, 0.15) is 17.1 Å². The smallest absolute Gasteiger partial charge is 0.129 e. The van der Waals surface area contributed by atoms with Crippen LogP contribution in [0.25, 0.3) is 21.9 Å². The minimum atomic E-state index is 0.284. The second-order valence-electron chi connectivity index (χ2n) is 6.45. The van der Waals surface area contributed by atoms with Crippen LogP contribution in [-0.4, -0.2) is 20.3 Å². The second-order valence-corrected chi connectivity index (χ2v) is 6.45. The predicted molar refractivity (Wildman–Crippen MR) is 98.2 cm³/mol. The summed E-state index contributed by atoms with van der Waals surface area (Å²) in [6.45, 7) is 4.81. The van der Waals surface area contributed by atoms with Crippen LogP contribution < -0.4 is 0 Å². The average molecular weight is 323 g/mol. The Kier molecular flexibility index (Phi) is 5.24. The largest absolute Gasteiger partial charge is 0.327 e. The Morgan fingerprint density at radius 1 is 1.12 bits per heavy atom. The van der Waals surface area contributed by atoms with E-state index in [4.69, 9.17) is 4.98 Å². The number of unbranched alkanes of at least 4 members (excludes halogenated alkanes) is 2. The molecule has 0 saturated carbocycles. The van der Waals surface area contributed by atoms with Gasteiger partial charge in [-0.2, -0.15) is 0 Å². The molecule has 0 aliphatic carbocycles. The first-order valence-electron chi connectivity index (χ1n) is 8.93. The monoisotopic (exact) mass is 323 g/mol. The summed E-state index contributed by atoms with van der Waals surface area (Å²) in [5.41, 5.74) is 3.21. The Morgan fingerprint density at radius 2 is 1.96 bits per heavy atom. The van der Waals surface area contributed by atoms with Crippen molar-refractivity contribution in [3.05, 3.63) is 36.3 Å². The number of hydrogen-bond acceptors (Lipinski definition) is 3. The fraction of sp³-hybridized carbons (Fsp3) is 0.450. The molecule has 126 valence electrons. The maximum atomic E-state index is 11.1. The molecular weight excluding hydrogens is 298 g/mol. The van der Waals surface area contributed by atoms with E-state index in [2.05, 4.69) is 34.7 Å². The second kappa shape index (κ2) is 7.56. The summed E-state index contributed by atoms with van der Waals surface area (Å²) in [6, 6.07) is 8.27. The molecule has 0 fully saturated rings. The number of carbonyl (C=O) groups is 1. The number of fused-ring (bicyclic) bond motifs is 3. The number of ketones is 1. The van der Waals surface area contributed by atoms with Gasteiger partial charge in [-0.25, -0.2) is 4.98 Å². The van der Waals surface area contributed by atoms with Crippen molar-refractivity contribution >= 4 is 27.7 Å². The van der Waals surface area contributed by atoms with Gasteiger partial charge in [-0.05, 0) is 32.3 Å². The summed E-state index contributed by atoms with van der Waals surface area (Å²) in [7, 11) is 0. The normalized spacial score (nSPS) is 11.4. The number of imidazole rings is 1. The zero-order valence-corrected chi connectivity index (χ0v) is 14.6. The molecule has 3 aromatic rings. The topological polar surface area (TPSA) is 47.8 Å². The number of nitrogens with zero attached hydrogens (tertiary/aromatic N) is 3. The molecule has 0 N–H and O–H groups in total. The van der Waals surface area contributed by atoms with Gasteiger partial charge in [-0.1, -0.05) is 31.5 Å². The van der Waals surface area contributed by atoms with Gasteiger partial charge in [-0.3, -0.25) is 4.98 Å². The van der Waals surface area contributed by atoms with E-state index in [0.717, 1.165) is 55.5 Å². The first kappa shape index (κ1) is 16.6. The van der Waals surface area contributed by atoms with E-state index in [1.807, 2.05) is 12.3 Å². The lowest BCUT2D eigenvalue weighted by molar-refractivity contribution is -0.117. The number of para-hydroxylation sites is 1. The molecule has 4 nitrogen and oxygen atoms in total. The summed E-state index contributed by atoms with van der Waals surface area (Å²) >= 11 is 0. The van der Waals surface area contributed by atoms with Gasteiger partial charge in [0.05, 0.1) is 17.2 Å². The Morgan fingerprint density at radius 3 is 2.75 bits per heavy atom. The van der Waals surface area contributed by atoms with Crippen molar-refractivity contribution in [1.29, 1.82) is 0 Å². The van der Waals surface area contributed by atoms with Gasteiger partial charge in [0.15, 0.2) is 0 Å². The molecule has 4 heteroatoms. The molecule has 2 aromatic heterocycles. The van der Waals surface area contributed by atoms with Crippen LogP contribution in [0.3, 0.4) is 0 Å². The van der Waals surface area contributed by atoms with Crippen LogP contribution in [-0.2, 0) is 17.8 Å². The van der Waals surface area contributed by atoms with Crippen molar-refractivity contribution in [3.63, 3.8) is 0 Å². The fourth-order valence-corrected chi connectivity index (χ4v) is 3.29. The minimum absolute atomic E-state index is 0.284. The lowest BCUT2D eigenvalue weighted by Gasteiger charge is -2.10. The Hall–Kier alpha value is -2.23. The predicted octanol–water partition coefficient (Wildman–Crippen LogP) is 4.69. The van der Waals surface area contributed by atoms with E-state index in [-0.39, 0.29) is 5.78 Å². The molecule has 0 aliphatic rings. The van der Waals surface area contributed by atoms with Crippen molar-refractivity contribution in [2.75, 3.05) is 0 Å². The summed E-state index contributed by atoms with van der Waals surface area (Å²) in [5, 5.41) is 1.17. The molecule has 3 rings (SSSR count). The molecule has 1 aromatic carbocycles. The van der Waals surface area contributed by atoms with Gasteiger partial charge in [0.2, 0.25) is 0 Å². The first-order chi connectivity index (χ1) is 11.7. The lowest BCUT2D eigenvalue weighted by atomic mass is 10.1. The highest BCUT2D eigenvalue weighted by Gasteiger charge is 2.13. The molecule has 0 unspecified atom stereocenters. The zero-order chi connectivity index (χ0) is 16.9. The van der Waals surface area contributed by atoms with E-state index in [9.17, 15) is 4.79 Å². The molecule has 0 spiro atoms. The summed E-state index contributed by atoms with van der Waals surface area (Å²) in [4.78, 5) is 20.4. The van der Waals surface area contributed by atoms with Gasteiger partial charge < -0.3 is 9.36 Å². The van der Waals surface area contributed by atoms with Gasteiger partial charge in [0.25, 0.3) is 0 Å². The van der Waals surface area contributed by atoms with Crippen molar-refractivity contribution in [2.45, 2.75) is 58.9 Å². The quantitative estimate of drug-likeness (QED) is 0.565. The van der Waals surface area contributed by atoms with Crippen LogP contribution in [0.5, 0.6) is 0 Å². The molecule has 0 amide bonds. The lowest BCUT2D eigenvalue weighted by Crippen LogP contribution is -2.04. The van der Waals surface area contributed by atoms with Crippen molar-refractivity contribution in [2.24, 2.45) is 0 Å². The third kappa shape index (κ3) is 3.48. The van der Waals surface area contributed by atoms with Gasteiger partial charge >= 0.3 is 0 Å². The number of aryl methyl sites for hydroxylation is 2. The summed E-state index contributed by atoms with van der Waals surface area (Å²) in [5.74, 6) is 1.43. The van der Waals surface area contributed by atoms with Crippen LogP contribution in [0.15, 0.2) is 30.5 Å². The molecule has 24 heavy (non-hydrogen) atoms. The van der Waals surface area contributed by atoms with Crippen LogP contribution in [0.4, 0.5) is 0 Å². The SMILES string of the molecule is CCCc1nc2cnc3ccccc3c2n1CCCCCC(C)=O. The molecule has 0 saturated heterocycles.